The van der Waals surface area contributed by atoms with Crippen LogP contribution in [0.3, 0.4) is 0 Å². The van der Waals surface area contributed by atoms with Crippen LogP contribution in [0.4, 0.5) is 5.69 Å². The van der Waals surface area contributed by atoms with Crippen molar-refractivity contribution in [1.82, 2.24) is 20.4 Å². The Kier molecular flexibility index (Phi) is 12.8. The molecule has 2 N–H and O–H groups in total. The summed E-state index contributed by atoms with van der Waals surface area (Å²) in [5.41, 5.74) is 2.25. The SMILES string of the molecule is C=C1C=CC(=O)N1.C=C1C=CC(=O)N1c1ccccc1.CC1=NCC(C)N1.O=C1C=CC(=O)N1CCOCCN1C(=O)C=CC1=O. The van der Waals surface area contributed by atoms with Gasteiger partial charge in [-0.1, -0.05) is 31.4 Å². The first kappa shape index (κ1) is 34.8. The molecule has 1 atom stereocenters. The predicted octanol–water partition coefficient (Wildman–Crippen LogP) is 1.54. The Hall–Kier alpha value is -5.69. The number of imide groups is 2. The zero-order valence-corrected chi connectivity index (χ0v) is 25.7. The highest BCUT2D eigenvalue weighted by molar-refractivity contribution is 6.13. The summed E-state index contributed by atoms with van der Waals surface area (Å²) >= 11 is 0. The summed E-state index contributed by atoms with van der Waals surface area (Å²) in [6, 6.07) is 10.1. The zero-order chi connectivity index (χ0) is 33.6. The summed E-state index contributed by atoms with van der Waals surface area (Å²) in [6.45, 7) is 13.0. The normalized spacial score (nSPS) is 19.1. The van der Waals surface area contributed by atoms with Gasteiger partial charge in [0.1, 0.15) is 0 Å². The van der Waals surface area contributed by atoms with E-state index in [9.17, 15) is 28.8 Å². The number of nitrogens with one attached hydrogen (secondary N) is 2. The van der Waals surface area contributed by atoms with Gasteiger partial charge in [-0.3, -0.25) is 48.5 Å². The Labute approximate surface area is 266 Å². The molecule has 0 fully saturated rings. The number of amides is 6. The van der Waals surface area contributed by atoms with E-state index in [0.717, 1.165) is 33.6 Å². The molecular weight excluding hydrogens is 592 g/mol. The largest absolute Gasteiger partial charge is 0.378 e. The molecule has 1 aromatic carbocycles. The Morgan fingerprint density at radius 1 is 0.761 bits per heavy atom. The zero-order valence-electron chi connectivity index (χ0n) is 25.7. The van der Waals surface area contributed by atoms with Gasteiger partial charge in [0.05, 0.1) is 38.7 Å². The fourth-order valence-electron chi connectivity index (χ4n) is 4.18. The first-order chi connectivity index (χ1) is 22.0. The third kappa shape index (κ3) is 10.5. The average molecular weight is 629 g/mol. The molecule has 13 heteroatoms. The smallest absolute Gasteiger partial charge is 0.255 e. The minimum atomic E-state index is -0.359. The molecule has 0 bridgehead atoms. The number of benzene rings is 1. The number of para-hydroxylation sites is 1. The fourth-order valence-corrected chi connectivity index (χ4v) is 4.18. The van der Waals surface area contributed by atoms with Crippen molar-refractivity contribution >= 4 is 47.0 Å². The first-order valence-electron chi connectivity index (χ1n) is 14.3. The molecule has 46 heavy (non-hydrogen) atoms. The lowest BCUT2D eigenvalue weighted by atomic mass is 10.3. The van der Waals surface area contributed by atoms with E-state index in [4.69, 9.17) is 4.74 Å². The molecular formula is C33H36N6O7. The Bertz CT molecular complexity index is 1430. The van der Waals surface area contributed by atoms with Crippen LogP contribution in [0.15, 0.2) is 108 Å². The summed E-state index contributed by atoms with van der Waals surface area (Å²) in [7, 11) is 0. The fraction of sp³-hybridized carbons (Fsp3) is 0.242. The van der Waals surface area contributed by atoms with E-state index < -0.39 is 0 Å². The van der Waals surface area contributed by atoms with Gasteiger partial charge in [-0.05, 0) is 38.1 Å². The lowest BCUT2D eigenvalue weighted by Gasteiger charge is -2.16. The molecule has 6 amide bonds. The van der Waals surface area contributed by atoms with Gasteiger partial charge in [0.2, 0.25) is 5.91 Å². The molecule has 0 aliphatic carbocycles. The van der Waals surface area contributed by atoms with Crippen molar-refractivity contribution in [3.63, 3.8) is 0 Å². The highest BCUT2D eigenvalue weighted by Gasteiger charge is 2.24. The van der Waals surface area contributed by atoms with Crippen molar-refractivity contribution in [2.45, 2.75) is 19.9 Å². The number of amidine groups is 1. The average Bonchev–Trinajstić information content (AvgIpc) is 3.84. The maximum Gasteiger partial charge on any atom is 0.255 e. The number of nitrogens with zero attached hydrogens (tertiary/aromatic N) is 4. The first-order valence-corrected chi connectivity index (χ1v) is 14.3. The maximum absolute atomic E-state index is 11.4. The quantitative estimate of drug-likeness (QED) is 0.340. The lowest BCUT2D eigenvalue weighted by molar-refractivity contribution is -0.137. The molecule has 0 saturated carbocycles. The molecule has 0 aromatic heterocycles. The number of allylic oxidation sites excluding steroid dienone is 2. The molecule has 1 unspecified atom stereocenters. The number of hydrogen-bond acceptors (Lipinski definition) is 9. The van der Waals surface area contributed by atoms with Crippen LogP contribution in [0.25, 0.3) is 0 Å². The van der Waals surface area contributed by atoms with Crippen molar-refractivity contribution < 1.29 is 33.5 Å². The maximum atomic E-state index is 11.4. The summed E-state index contributed by atoms with van der Waals surface area (Å²) in [4.78, 5) is 74.2. The predicted molar refractivity (Wildman–Crippen MR) is 172 cm³/mol. The van der Waals surface area contributed by atoms with Gasteiger partial charge in [0.25, 0.3) is 29.5 Å². The molecule has 13 nitrogen and oxygen atoms in total. The number of rotatable bonds is 7. The summed E-state index contributed by atoms with van der Waals surface area (Å²) in [6.07, 6.45) is 11.1. The van der Waals surface area contributed by atoms with Crippen LogP contribution < -0.4 is 15.5 Å². The van der Waals surface area contributed by atoms with Gasteiger partial charge < -0.3 is 15.4 Å². The molecule has 1 aromatic rings. The van der Waals surface area contributed by atoms with E-state index >= 15 is 0 Å². The van der Waals surface area contributed by atoms with E-state index in [1.165, 1.54) is 36.5 Å². The van der Waals surface area contributed by atoms with Gasteiger partial charge >= 0.3 is 0 Å². The molecule has 5 aliphatic rings. The highest BCUT2D eigenvalue weighted by Crippen LogP contribution is 2.22. The number of hydrogen-bond donors (Lipinski definition) is 2. The van der Waals surface area contributed by atoms with Crippen molar-refractivity contribution in [3.05, 3.63) is 103 Å². The van der Waals surface area contributed by atoms with Crippen LogP contribution in [0.2, 0.25) is 0 Å². The molecule has 5 aliphatic heterocycles. The number of anilines is 1. The van der Waals surface area contributed by atoms with E-state index in [-0.39, 0.29) is 61.7 Å². The van der Waals surface area contributed by atoms with Crippen LogP contribution in [-0.2, 0) is 33.5 Å². The molecule has 0 spiro atoms. The van der Waals surface area contributed by atoms with Gasteiger partial charge in [-0.2, -0.15) is 0 Å². The Balaban J connectivity index is 0.000000183. The molecule has 5 heterocycles. The van der Waals surface area contributed by atoms with Gasteiger partial charge in [-0.15, -0.1) is 0 Å². The number of aliphatic imine (C=N–C) groups is 1. The van der Waals surface area contributed by atoms with E-state index in [1.54, 1.807) is 17.1 Å². The van der Waals surface area contributed by atoms with Crippen LogP contribution in [0, 0.1) is 0 Å². The van der Waals surface area contributed by atoms with Gasteiger partial charge in [0.15, 0.2) is 0 Å². The lowest BCUT2D eigenvalue weighted by Crippen LogP contribution is -2.35. The number of ether oxygens (including phenoxy) is 1. The number of carbonyl (C=O) groups excluding carboxylic acids is 6. The minimum Gasteiger partial charge on any atom is -0.378 e. The van der Waals surface area contributed by atoms with Gasteiger partial charge in [-0.25, -0.2) is 0 Å². The van der Waals surface area contributed by atoms with Crippen molar-refractivity contribution in [1.29, 1.82) is 0 Å². The second-order valence-electron chi connectivity index (χ2n) is 10.1. The van der Waals surface area contributed by atoms with E-state index in [1.807, 2.05) is 37.3 Å². The third-order valence-corrected chi connectivity index (χ3v) is 6.44. The molecule has 0 saturated heterocycles. The number of carbonyl (C=O) groups is 6. The van der Waals surface area contributed by atoms with Gasteiger partial charge in [0, 0.05) is 59.6 Å². The van der Waals surface area contributed by atoms with Crippen LogP contribution in [0.5, 0.6) is 0 Å². The third-order valence-electron chi connectivity index (χ3n) is 6.44. The minimum absolute atomic E-state index is 0.0313. The van der Waals surface area contributed by atoms with E-state index in [2.05, 4.69) is 35.7 Å². The molecule has 6 rings (SSSR count). The Morgan fingerprint density at radius 3 is 1.61 bits per heavy atom. The Morgan fingerprint density at radius 2 is 1.28 bits per heavy atom. The second-order valence-corrected chi connectivity index (χ2v) is 10.1. The summed E-state index contributed by atoms with van der Waals surface area (Å²) < 4.78 is 5.20. The molecule has 0 radical (unpaired) electrons. The summed E-state index contributed by atoms with van der Waals surface area (Å²) in [5.74, 6) is -0.468. The van der Waals surface area contributed by atoms with Crippen LogP contribution in [-0.4, -0.2) is 90.0 Å². The van der Waals surface area contributed by atoms with E-state index in [0.29, 0.717) is 11.7 Å². The summed E-state index contributed by atoms with van der Waals surface area (Å²) in [5, 5.41) is 5.64. The monoisotopic (exact) mass is 628 g/mol. The topological polar surface area (TPSA) is 158 Å². The van der Waals surface area contributed by atoms with Crippen molar-refractivity contribution in [2.75, 3.05) is 37.7 Å². The highest BCUT2D eigenvalue weighted by atomic mass is 16.5. The van der Waals surface area contributed by atoms with Crippen LogP contribution >= 0.6 is 0 Å². The van der Waals surface area contributed by atoms with Crippen molar-refractivity contribution in [3.8, 4) is 0 Å². The standard InChI is InChI=1S/C12H12N2O5.C11H9NO.C5H10N2.C5H5NO/c15-9-1-2-10(16)13(9)5-7-19-8-6-14-11(17)3-4-12(14)18;1-9-7-8-11(13)12(9)10-5-3-2-4-6-10;1-4-3-6-5(2)7-4;1-4-2-3-5(7)6-4/h1-4H,5-8H2;2-8H,1H2;4H,3H2,1-2H3,(H,6,7);2-3H,1H2,(H,6,7). The second kappa shape index (κ2) is 17.0. The van der Waals surface area contributed by atoms with Crippen molar-refractivity contribution in [2.24, 2.45) is 4.99 Å². The van der Waals surface area contributed by atoms with Crippen LogP contribution in [0.1, 0.15) is 13.8 Å². The molecule has 240 valence electrons.